The number of carboxylic acid groups (broad SMARTS) is 1. The van der Waals surface area contributed by atoms with Crippen molar-refractivity contribution < 1.29 is 23.8 Å². The Balaban J connectivity index is 1.44. The molecule has 1 spiro atoms. The molecule has 4 aliphatic rings. The number of carbonyl (C=O) groups is 2. The molecule has 4 aromatic rings. The average molecular weight is 628 g/mol. The summed E-state index contributed by atoms with van der Waals surface area (Å²) in [6.07, 6.45) is 2.05. The fourth-order valence-electron chi connectivity index (χ4n) is 7.27. The van der Waals surface area contributed by atoms with Crippen molar-refractivity contribution >= 4 is 63.3 Å². The molecule has 3 aromatic carbocycles. The van der Waals surface area contributed by atoms with Gasteiger partial charge in [0.2, 0.25) is 11.8 Å². The predicted molar refractivity (Wildman–Crippen MR) is 155 cm³/mol. The van der Waals surface area contributed by atoms with Gasteiger partial charge in [0.15, 0.2) is 0 Å². The van der Waals surface area contributed by atoms with Crippen LogP contribution < -0.4 is 10.1 Å². The lowest BCUT2D eigenvalue weighted by Gasteiger charge is -2.39. The number of nitrogens with zero attached hydrogens (tertiary/aromatic N) is 3. The van der Waals surface area contributed by atoms with Crippen LogP contribution in [0.5, 0.6) is 5.88 Å². The third kappa shape index (κ3) is 3.54. The summed E-state index contributed by atoms with van der Waals surface area (Å²) < 4.78 is 24.3. The number of nitrogens with one attached hydrogen (secondary N) is 1. The number of carbonyl (C=O) groups excluding carboxylic acids is 1. The van der Waals surface area contributed by atoms with Gasteiger partial charge in [-0.3, -0.25) is 9.69 Å². The third-order valence-electron chi connectivity index (χ3n) is 9.11. The summed E-state index contributed by atoms with van der Waals surface area (Å²) >= 11 is 19.2. The molecule has 1 aromatic heterocycles. The van der Waals surface area contributed by atoms with Crippen molar-refractivity contribution in [1.82, 2.24) is 14.7 Å². The van der Waals surface area contributed by atoms with Gasteiger partial charge in [-0.2, -0.15) is 5.10 Å². The minimum Gasteiger partial charge on any atom is -0.478 e. The number of amides is 1. The van der Waals surface area contributed by atoms with Crippen LogP contribution in [0.2, 0.25) is 15.1 Å². The third-order valence-corrected chi connectivity index (χ3v) is 9.83. The predicted octanol–water partition coefficient (Wildman–Crippen LogP) is 6.49. The van der Waals surface area contributed by atoms with Crippen molar-refractivity contribution in [3.8, 4) is 5.88 Å². The van der Waals surface area contributed by atoms with Crippen LogP contribution in [0.4, 0.5) is 10.1 Å². The number of carboxylic acids is 1. The Morgan fingerprint density at radius 2 is 1.93 bits per heavy atom. The van der Waals surface area contributed by atoms with Crippen molar-refractivity contribution in [3.05, 3.63) is 86.1 Å². The van der Waals surface area contributed by atoms with Gasteiger partial charge in [0, 0.05) is 33.8 Å². The summed E-state index contributed by atoms with van der Waals surface area (Å²) in [6, 6.07) is 11.8. The lowest BCUT2D eigenvalue weighted by Crippen LogP contribution is -2.54. The molecule has 214 valence electrons. The molecular formula is C30H22Cl3FN4O4. The van der Waals surface area contributed by atoms with E-state index in [0.29, 0.717) is 45.5 Å². The van der Waals surface area contributed by atoms with E-state index < -0.39 is 29.3 Å². The Morgan fingerprint density at radius 3 is 2.69 bits per heavy atom. The van der Waals surface area contributed by atoms with Gasteiger partial charge in [0.1, 0.15) is 18.0 Å². The van der Waals surface area contributed by atoms with Gasteiger partial charge in [-0.1, -0.05) is 40.9 Å². The van der Waals surface area contributed by atoms with Crippen molar-refractivity contribution in [2.45, 2.75) is 36.4 Å². The van der Waals surface area contributed by atoms with Gasteiger partial charge in [-0.15, -0.1) is 0 Å². The molecule has 1 amide bonds. The maximum Gasteiger partial charge on any atom is 0.335 e. The smallest absolute Gasteiger partial charge is 0.335 e. The summed E-state index contributed by atoms with van der Waals surface area (Å²) in [6.45, 7) is 0.801. The fraction of sp³-hybridized carbons (Fsp3) is 0.300. The molecule has 8 nitrogen and oxygen atoms in total. The van der Waals surface area contributed by atoms with Gasteiger partial charge >= 0.3 is 5.97 Å². The molecule has 8 rings (SSSR count). The first-order valence-electron chi connectivity index (χ1n) is 13.6. The number of hydrogen-bond donors (Lipinski definition) is 2. The largest absolute Gasteiger partial charge is 0.478 e. The molecule has 2 N–H and O–H groups in total. The van der Waals surface area contributed by atoms with E-state index in [2.05, 4.69) is 10.2 Å². The maximum absolute atomic E-state index is 16.2. The minimum absolute atomic E-state index is 0.0814. The highest BCUT2D eigenvalue weighted by atomic mass is 35.5. The normalized spacial score (nSPS) is 26.2. The highest BCUT2D eigenvalue weighted by molar-refractivity contribution is 6.35. The van der Waals surface area contributed by atoms with Crippen LogP contribution in [0.3, 0.4) is 0 Å². The van der Waals surface area contributed by atoms with E-state index in [-0.39, 0.29) is 39.7 Å². The van der Waals surface area contributed by atoms with Crippen LogP contribution in [0.1, 0.15) is 46.3 Å². The van der Waals surface area contributed by atoms with E-state index in [1.807, 2.05) is 6.07 Å². The molecule has 1 unspecified atom stereocenters. The molecule has 1 aliphatic carbocycles. The Morgan fingerprint density at radius 1 is 1.12 bits per heavy atom. The maximum atomic E-state index is 16.2. The quantitative estimate of drug-likeness (QED) is 0.251. The standard InChI is InChI=1S/C30H22Cl3FN4O4/c31-15-4-6-19-22(10-15)35-29(41)30(19)24(18-8-16(32)9-20(33)25(18)34)26-23(37(30)11-13-1-2-13)12-42-27-17-5-3-14(28(39)40)7-21(17)36-38(26)27/h3-10,13,23-24,26H,1-2,11-12H2,(H,35,41)(H,39,40)/t23-,24-,26?,30+/m0/s1. The Labute approximate surface area is 253 Å². The number of anilines is 1. The zero-order chi connectivity index (χ0) is 29.1. The monoisotopic (exact) mass is 626 g/mol. The average Bonchev–Trinajstić information content (AvgIpc) is 3.54. The molecule has 3 aliphatic heterocycles. The molecule has 2 fully saturated rings. The lowest BCUT2D eigenvalue weighted by molar-refractivity contribution is -0.128. The molecule has 4 atom stereocenters. The number of aromatic nitrogens is 2. The molecule has 1 saturated carbocycles. The number of rotatable bonds is 4. The summed E-state index contributed by atoms with van der Waals surface area (Å²) in [5.41, 5.74) is 0.575. The number of aromatic carboxylic acids is 1. The minimum atomic E-state index is -1.36. The van der Waals surface area contributed by atoms with Crippen LogP contribution in [0, 0.1) is 11.7 Å². The SMILES string of the molecule is O=C(O)c1ccc2c3n(nc2c1)C1[C@H](CO3)N(CC2CC2)[C@@]2(C(=O)Nc3cc(Cl)ccc32)[C@H]1c1cc(Cl)cc(Cl)c1F. The molecule has 4 heterocycles. The highest BCUT2D eigenvalue weighted by Gasteiger charge is 2.69. The number of halogens is 4. The van der Waals surface area contributed by atoms with Crippen molar-refractivity contribution in [2.75, 3.05) is 18.5 Å². The topological polar surface area (TPSA) is 96.7 Å². The molecule has 12 heteroatoms. The van der Waals surface area contributed by atoms with Gasteiger partial charge < -0.3 is 15.2 Å². The first kappa shape index (κ1) is 26.3. The summed E-state index contributed by atoms with van der Waals surface area (Å²) in [4.78, 5) is 28.3. The van der Waals surface area contributed by atoms with Crippen LogP contribution in [-0.4, -0.2) is 50.9 Å². The van der Waals surface area contributed by atoms with Crippen molar-refractivity contribution in [1.29, 1.82) is 0 Å². The Kier molecular flexibility index (Phi) is 5.67. The molecule has 1 saturated heterocycles. The van der Waals surface area contributed by atoms with E-state index >= 15 is 4.39 Å². The molecule has 0 radical (unpaired) electrons. The second-order valence-corrected chi connectivity index (χ2v) is 12.7. The molecular weight excluding hydrogens is 606 g/mol. The number of benzene rings is 3. The second kappa shape index (κ2) is 9.07. The van der Waals surface area contributed by atoms with Crippen LogP contribution in [0.25, 0.3) is 10.9 Å². The molecule has 0 bridgehead atoms. The van der Waals surface area contributed by atoms with E-state index in [1.165, 1.54) is 24.3 Å². The van der Waals surface area contributed by atoms with E-state index in [1.54, 1.807) is 22.9 Å². The van der Waals surface area contributed by atoms with Gasteiger partial charge in [-0.05, 0) is 66.8 Å². The van der Waals surface area contributed by atoms with Crippen LogP contribution in [0.15, 0.2) is 48.5 Å². The van der Waals surface area contributed by atoms with Crippen LogP contribution in [-0.2, 0) is 10.3 Å². The number of hydrogen-bond acceptors (Lipinski definition) is 5. The number of likely N-dealkylation sites (tertiary alicyclic amines) is 1. The highest BCUT2D eigenvalue weighted by Crippen LogP contribution is 2.63. The van der Waals surface area contributed by atoms with E-state index in [4.69, 9.17) is 44.6 Å². The van der Waals surface area contributed by atoms with E-state index in [9.17, 15) is 14.7 Å². The van der Waals surface area contributed by atoms with Crippen molar-refractivity contribution in [3.63, 3.8) is 0 Å². The van der Waals surface area contributed by atoms with Gasteiger partial charge in [-0.25, -0.2) is 13.9 Å². The summed E-state index contributed by atoms with van der Waals surface area (Å²) in [7, 11) is 0. The fourth-order valence-corrected chi connectivity index (χ4v) is 7.95. The lowest BCUT2D eigenvalue weighted by atomic mass is 9.73. The second-order valence-electron chi connectivity index (χ2n) is 11.4. The number of fused-ring (bicyclic) bond motifs is 7. The Bertz CT molecular complexity index is 1860. The Hall–Kier alpha value is -3.37. The molecule has 42 heavy (non-hydrogen) atoms. The van der Waals surface area contributed by atoms with Crippen LogP contribution >= 0.6 is 34.8 Å². The zero-order valence-corrected chi connectivity index (χ0v) is 24.0. The van der Waals surface area contributed by atoms with Gasteiger partial charge in [0.25, 0.3) is 0 Å². The summed E-state index contributed by atoms with van der Waals surface area (Å²) in [5, 5.41) is 18.6. The van der Waals surface area contributed by atoms with E-state index in [0.717, 1.165) is 12.8 Å². The zero-order valence-electron chi connectivity index (χ0n) is 21.8. The first-order valence-corrected chi connectivity index (χ1v) is 14.7. The number of ether oxygens (including phenoxy) is 1. The van der Waals surface area contributed by atoms with Gasteiger partial charge in [0.05, 0.1) is 33.6 Å². The summed E-state index contributed by atoms with van der Waals surface area (Å²) in [5.74, 6) is -2.08. The van der Waals surface area contributed by atoms with Crippen molar-refractivity contribution in [2.24, 2.45) is 5.92 Å². The first-order chi connectivity index (χ1) is 20.2.